The molecule has 19 heavy (non-hydrogen) atoms. The van der Waals surface area contributed by atoms with E-state index in [0.717, 1.165) is 0 Å². The van der Waals surface area contributed by atoms with Crippen molar-refractivity contribution in [2.75, 3.05) is 0 Å². The maximum absolute atomic E-state index is 11.2. The number of carbonyl (C=O) groups excluding carboxylic acids is 1. The Labute approximate surface area is 112 Å². The van der Waals surface area contributed by atoms with Gasteiger partial charge in [0.05, 0.1) is 16.4 Å². The van der Waals surface area contributed by atoms with Gasteiger partial charge in [-0.25, -0.2) is 0 Å². The van der Waals surface area contributed by atoms with Crippen molar-refractivity contribution in [2.24, 2.45) is 10.2 Å². The van der Waals surface area contributed by atoms with Crippen molar-refractivity contribution in [3.63, 3.8) is 0 Å². The van der Waals surface area contributed by atoms with E-state index in [1.54, 1.807) is 19.1 Å². The molecule has 1 aliphatic heterocycles. The fraction of sp³-hybridized carbons (Fsp3) is 0.182. The number of thioether (sulfide) groups is 1. The van der Waals surface area contributed by atoms with Crippen LogP contribution < -0.4 is 5.32 Å². The van der Waals surface area contributed by atoms with Crippen LogP contribution in [0.5, 0.6) is 0 Å². The summed E-state index contributed by atoms with van der Waals surface area (Å²) in [5, 5.41) is 21.1. The van der Waals surface area contributed by atoms with E-state index in [2.05, 4.69) is 15.5 Å². The second kappa shape index (κ2) is 5.61. The van der Waals surface area contributed by atoms with Crippen LogP contribution in [0.25, 0.3) is 0 Å². The van der Waals surface area contributed by atoms with E-state index < -0.39 is 4.92 Å². The highest BCUT2D eigenvalue weighted by Crippen LogP contribution is 2.18. The number of nitrogens with zero attached hydrogens (tertiary/aromatic N) is 3. The topological polar surface area (TPSA) is 97.0 Å². The molecule has 0 unspecified atom stereocenters. The molecule has 0 spiro atoms. The standard InChI is InChI=1S/C11H10N4O3S/c1-7-10(16)13-11(19-7)14-12-6-8-3-2-4-9(5-8)15(17)18/h2-7H,1H3,(H,13,14,16)/b12-6-/t7-/m0/s1. The SMILES string of the molecule is C[C@@H]1S/C(=N\N=C/c2cccc([N+](=O)[O-])c2)NC1=O. The predicted octanol–water partition coefficient (Wildman–Crippen LogP) is 1.54. The second-order valence-electron chi connectivity index (χ2n) is 3.75. The van der Waals surface area contributed by atoms with Gasteiger partial charge in [0.15, 0.2) is 5.17 Å². The van der Waals surface area contributed by atoms with E-state index in [1.165, 1.54) is 30.1 Å². The molecule has 1 saturated heterocycles. The zero-order valence-corrected chi connectivity index (χ0v) is 10.8. The number of nitrogens with one attached hydrogen (secondary N) is 1. The monoisotopic (exact) mass is 278 g/mol. The molecule has 1 fully saturated rings. The van der Waals surface area contributed by atoms with Crippen LogP contribution in [0, 0.1) is 10.1 Å². The summed E-state index contributed by atoms with van der Waals surface area (Å²) in [5.41, 5.74) is 0.565. The van der Waals surface area contributed by atoms with Gasteiger partial charge in [-0.3, -0.25) is 14.9 Å². The number of hydrogen-bond acceptors (Lipinski definition) is 6. The maximum atomic E-state index is 11.2. The fourth-order valence-electron chi connectivity index (χ4n) is 1.37. The highest BCUT2D eigenvalue weighted by Gasteiger charge is 2.25. The average Bonchev–Trinajstić information content (AvgIpc) is 2.69. The lowest BCUT2D eigenvalue weighted by Crippen LogP contribution is -2.23. The summed E-state index contributed by atoms with van der Waals surface area (Å²) in [6, 6.07) is 6.05. The summed E-state index contributed by atoms with van der Waals surface area (Å²) in [7, 11) is 0. The van der Waals surface area contributed by atoms with Crippen molar-refractivity contribution in [1.82, 2.24) is 5.32 Å². The lowest BCUT2D eigenvalue weighted by Gasteiger charge is -1.93. The Morgan fingerprint density at radius 2 is 2.32 bits per heavy atom. The number of amides is 1. The Morgan fingerprint density at radius 1 is 1.53 bits per heavy atom. The minimum Gasteiger partial charge on any atom is -0.303 e. The van der Waals surface area contributed by atoms with Crippen molar-refractivity contribution in [2.45, 2.75) is 12.2 Å². The Hall–Kier alpha value is -2.22. The normalized spacial score (nSPS) is 21.0. The first kappa shape index (κ1) is 13.2. The molecular formula is C11H10N4O3S. The van der Waals surface area contributed by atoms with E-state index in [-0.39, 0.29) is 16.8 Å². The number of nitro groups is 1. The number of non-ortho nitro benzene ring substituents is 1. The summed E-state index contributed by atoms with van der Waals surface area (Å²) < 4.78 is 0. The lowest BCUT2D eigenvalue weighted by molar-refractivity contribution is -0.384. The maximum Gasteiger partial charge on any atom is 0.270 e. The summed E-state index contributed by atoms with van der Waals surface area (Å²) in [4.78, 5) is 21.3. The van der Waals surface area contributed by atoms with Gasteiger partial charge < -0.3 is 5.32 Å². The van der Waals surface area contributed by atoms with E-state index >= 15 is 0 Å². The molecule has 98 valence electrons. The number of nitro benzene ring substituents is 1. The Bertz CT molecular complexity index is 585. The molecule has 1 aromatic carbocycles. The average molecular weight is 278 g/mol. The van der Waals surface area contributed by atoms with Crippen LogP contribution >= 0.6 is 11.8 Å². The Balaban J connectivity index is 2.07. The number of amidine groups is 1. The molecule has 8 heteroatoms. The third-order valence-corrected chi connectivity index (χ3v) is 3.30. The summed E-state index contributed by atoms with van der Waals surface area (Å²) >= 11 is 1.28. The first-order valence-corrected chi connectivity index (χ1v) is 6.27. The lowest BCUT2D eigenvalue weighted by atomic mass is 10.2. The number of carbonyl (C=O) groups is 1. The van der Waals surface area contributed by atoms with Gasteiger partial charge in [0.25, 0.3) is 5.69 Å². The van der Waals surface area contributed by atoms with Gasteiger partial charge in [-0.15, -0.1) is 5.10 Å². The summed E-state index contributed by atoms with van der Waals surface area (Å²) in [5.74, 6) is -0.103. The molecule has 1 heterocycles. The van der Waals surface area contributed by atoms with Crippen LogP contribution in [0.3, 0.4) is 0 Å². The van der Waals surface area contributed by atoms with Crippen LogP contribution in [0.1, 0.15) is 12.5 Å². The van der Waals surface area contributed by atoms with Crippen LogP contribution in [-0.4, -0.2) is 27.5 Å². The number of rotatable bonds is 3. The summed E-state index contributed by atoms with van der Waals surface area (Å²) in [6.07, 6.45) is 1.40. The molecular weight excluding hydrogens is 268 g/mol. The van der Waals surface area contributed by atoms with Gasteiger partial charge in [-0.1, -0.05) is 23.9 Å². The molecule has 1 amide bonds. The minimum atomic E-state index is -0.474. The minimum absolute atomic E-state index is 0.00577. The van der Waals surface area contributed by atoms with E-state index in [1.807, 2.05) is 0 Å². The molecule has 0 radical (unpaired) electrons. The van der Waals surface area contributed by atoms with E-state index in [0.29, 0.717) is 10.7 Å². The molecule has 0 aliphatic carbocycles. The second-order valence-corrected chi connectivity index (χ2v) is 5.08. The van der Waals surface area contributed by atoms with Gasteiger partial charge in [-0.05, 0) is 6.92 Å². The van der Waals surface area contributed by atoms with Gasteiger partial charge in [0.2, 0.25) is 5.91 Å². The fourth-order valence-corrected chi connectivity index (χ4v) is 2.13. The molecule has 0 bridgehead atoms. The van der Waals surface area contributed by atoms with E-state index in [9.17, 15) is 14.9 Å². The molecule has 2 rings (SSSR count). The van der Waals surface area contributed by atoms with Crippen molar-refractivity contribution in [3.8, 4) is 0 Å². The van der Waals surface area contributed by atoms with Gasteiger partial charge in [-0.2, -0.15) is 5.10 Å². The summed E-state index contributed by atoms with van der Waals surface area (Å²) in [6.45, 7) is 1.77. The zero-order chi connectivity index (χ0) is 13.8. The van der Waals surface area contributed by atoms with Crippen molar-refractivity contribution >= 4 is 34.7 Å². The smallest absolute Gasteiger partial charge is 0.270 e. The van der Waals surface area contributed by atoms with Gasteiger partial charge in [0, 0.05) is 17.7 Å². The van der Waals surface area contributed by atoms with Crippen molar-refractivity contribution in [3.05, 3.63) is 39.9 Å². The molecule has 0 aromatic heterocycles. The molecule has 1 aromatic rings. The van der Waals surface area contributed by atoms with Gasteiger partial charge >= 0.3 is 0 Å². The zero-order valence-electron chi connectivity index (χ0n) is 9.94. The third-order valence-electron chi connectivity index (χ3n) is 2.32. The van der Waals surface area contributed by atoms with Crippen molar-refractivity contribution in [1.29, 1.82) is 0 Å². The molecule has 1 atom stereocenters. The molecule has 1 N–H and O–H groups in total. The van der Waals surface area contributed by atoms with Crippen molar-refractivity contribution < 1.29 is 9.72 Å². The van der Waals surface area contributed by atoms with Crippen LogP contribution in [-0.2, 0) is 4.79 Å². The van der Waals surface area contributed by atoms with Gasteiger partial charge in [0.1, 0.15) is 0 Å². The largest absolute Gasteiger partial charge is 0.303 e. The molecule has 7 nitrogen and oxygen atoms in total. The highest BCUT2D eigenvalue weighted by molar-refractivity contribution is 8.15. The van der Waals surface area contributed by atoms with Crippen LogP contribution in [0.15, 0.2) is 34.5 Å². The van der Waals surface area contributed by atoms with Crippen LogP contribution in [0.4, 0.5) is 5.69 Å². The number of benzene rings is 1. The highest BCUT2D eigenvalue weighted by atomic mass is 32.2. The first-order valence-electron chi connectivity index (χ1n) is 5.39. The van der Waals surface area contributed by atoms with Crippen LogP contribution in [0.2, 0.25) is 0 Å². The quantitative estimate of drug-likeness (QED) is 0.515. The molecule has 0 saturated carbocycles. The molecule has 1 aliphatic rings. The Kier molecular flexibility index (Phi) is 3.91. The number of hydrogen-bond donors (Lipinski definition) is 1. The first-order chi connectivity index (χ1) is 9.06. The third kappa shape index (κ3) is 3.38. The Morgan fingerprint density at radius 3 is 2.95 bits per heavy atom. The predicted molar refractivity (Wildman–Crippen MR) is 73.3 cm³/mol. The van der Waals surface area contributed by atoms with E-state index in [4.69, 9.17) is 0 Å².